The summed E-state index contributed by atoms with van der Waals surface area (Å²) in [4.78, 5) is 11.5. The summed E-state index contributed by atoms with van der Waals surface area (Å²) >= 11 is 0. The molecule has 1 aromatic heterocycles. The van der Waals surface area contributed by atoms with Crippen molar-refractivity contribution >= 4 is 5.97 Å². The first-order valence-electron chi connectivity index (χ1n) is 7.33. The second kappa shape index (κ2) is 6.39. The molecule has 1 heterocycles. The Hall–Kier alpha value is -1.36. The lowest BCUT2D eigenvalue weighted by Crippen LogP contribution is -2.35. The average molecular weight is 279 g/mol. The van der Waals surface area contributed by atoms with Gasteiger partial charge in [0.15, 0.2) is 0 Å². The second-order valence-electron chi connectivity index (χ2n) is 5.73. The van der Waals surface area contributed by atoms with Crippen LogP contribution in [0.15, 0.2) is 0 Å². The van der Waals surface area contributed by atoms with Crippen LogP contribution < -0.4 is 5.32 Å². The van der Waals surface area contributed by atoms with E-state index in [1.54, 1.807) is 0 Å². The van der Waals surface area contributed by atoms with Gasteiger partial charge < -0.3 is 10.1 Å². The van der Waals surface area contributed by atoms with E-state index >= 15 is 0 Å². The Labute approximate surface area is 120 Å². The predicted octanol–water partition coefficient (Wildman–Crippen LogP) is 1.86. The minimum absolute atomic E-state index is 0.0533. The van der Waals surface area contributed by atoms with Crippen molar-refractivity contribution in [2.75, 3.05) is 7.11 Å². The van der Waals surface area contributed by atoms with Gasteiger partial charge in [-0.25, -0.2) is 0 Å². The summed E-state index contributed by atoms with van der Waals surface area (Å²) < 4.78 is 6.75. The van der Waals surface area contributed by atoms with Crippen molar-refractivity contribution < 1.29 is 9.53 Å². The van der Waals surface area contributed by atoms with E-state index < -0.39 is 0 Å². The maximum absolute atomic E-state index is 11.5. The van der Waals surface area contributed by atoms with Gasteiger partial charge in [-0.2, -0.15) is 5.10 Å². The van der Waals surface area contributed by atoms with Gasteiger partial charge in [-0.1, -0.05) is 0 Å². The first-order valence-corrected chi connectivity index (χ1v) is 7.33. The van der Waals surface area contributed by atoms with Crippen LogP contribution in [0, 0.1) is 19.8 Å². The van der Waals surface area contributed by atoms with Gasteiger partial charge in [-0.05, 0) is 39.5 Å². The van der Waals surface area contributed by atoms with Crippen molar-refractivity contribution in [3.8, 4) is 0 Å². The van der Waals surface area contributed by atoms with E-state index in [-0.39, 0.29) is 11.9 Å². The Balaban J connectivity index is 1.83. The molecule has 20 heavy (non-hydrogen) atoms. The highest BCUT2D eigenvalue weighted by Gasteiger charge is 2.26. The fourth-order valence-corrected chi connectivity index (χ4v) is 3.02. The van der Waals surface area contributed by atoms with Crippen LogP contribution in [0.3, 0.4) is 0 Å². The highest BCUT2D eigenvalue weighted by molar-refractivity contribution is 5.72. The number of rotatable bonds is 4. The smallest absolute Gasteiger partial charge is 0.308 e. The molecule has 0 aromatic carbocycles. The summed E-state index contributed by atoms with van der Waals surface area (Å²) in [6, 6.07) is 0.495. The summed E-state index contributed by atoms with van der Waals surface area (Å²) in [6.45, 7) is 5.02. The van der Waals surface area contributed by atoms with E-state index in [0.29, 0.717) is 6.04 Å². The Morgan fingerprint density at radius 1 is 1.35 bits per heavy atom. The number of carbonyl (C=O) groups excluding carboxylic acids is 1. The summed E-state index contributed by atoms with van der Waals surface area (Å²) in [7, 11) is 3.45. The Morgan fingerprint density at radius 3 is 2.50 bits per heavy atom. The number of esters is 1. The summed E-state index contributed by atoms with van der Waals surface area (Å²) in [5.74, 6) is 0.0438. The van der Waals surface area contributed by atoms with E-state index in [4.69, 9.17) is 4.74 Å². The third-order valence-electron chi connectivity index (χ3n) is 4.49. The highest BCUT2D eigenvalue weighted by Crippen LogP contribution is 2.25. The molecular formula is C15H25N3O2. The number of aryl methyl sites for hydroxylation is 2. The molecular weight excluding hydrogens is 254 g/mol. The number of nitrogens with zero attached hydrogens (tertiary/aromatic N) is 2. The van der Waals surface area contributed by atoms with E-state index in [1.807, 2.05) is 11.7 Å². The maximum Gasteiger partial charge on any atom is 0.308 e. The van der Waals surface area contributed by atoms with E-state index in [2.05, 4.69) is 24.3 Å². The first-order chi connectivity index (χ1) is 9.52. The molecule has 1 fully saturated rings. The molecule has 0 unspecified atom stereocenters. The zero-order chi connectivity index (χ0) is 14.7. The minimum Gasteiger partial charge on any atom is -0.469 e. The van der Waals surface area contributed by atoms with Crippen LogP contribution in [0.4, 0.5) is 0 Å². The van der Waals surface area contributed by atoms with Crippen molar-refractivity contribution in [3.63, 3.8) is 0 Å². The van der Waals surface area contributed by atoms with E-state index in [0.717, 1.165) is 37.9 Å². The molecule has 5 nitrogen and oxygen atoms in total. The predicted molar refractivity (Wildman–Crippen MR) is 77.3 cm³/mol. The van der Waals surface area contributed by atoms with Crippen molar-refractivity contribution in [1.82, 2.24) is 15.1 Å². The lowest BCUT2D eigenvalue weighted by atomic mass is 9.86. The Kier molecular flexibility index (Phi) is 4.81. The molecule has 1 aliphatic rings. The quantitative estimate of drug-likeness (QED) is 0.855. The third kappa shape index (κ3) is 3.20. The van der Waals surface area contributed by atoms with Crippen LogP contribution in [0.1, 0.15) is 42.6 Å². The molecule has 2 rings (SSSR count). The van der Waals surface area contributed by atoms with Crippen LogP contribution in [-0.4, -0.2) is 28.9 Å². The molecule has 5 heteroatoms. The number of ether oxygens (including phenoxy) is 1. The molecule has 112 valence electrons. The Bertz CT molecular complexity index is 474. The van der Waals surface area contributed by atoms with Gasteiger partial charge in [-0.15, -0.1) is 0 Å². The van der Waals surface area contributed by atoms with Crippen LogP contribution in [0.2, 0.25) is 0 Å². The van der Waals surface area contributed by atoms with Crippen molar-refractivity contribution in [2.24, 2.45) is 13.0 Å². The molecule has 0 aliphatic heterocycles. The van der Waals surface area contributed by atoms with E-state index in [1.165, 1.54) is 18.4 Å². The summed E-state index contributed by atoms with van der Waals surface area (Å²) in [5, 5.41) is 8.04. The van der Waals surface area contributed by atoms with Crippen LogP contribution >= 0.6 is 0 Å². The molecule has 1 saturated carbocycles. The number of hydrogen-bond acceptors (Lipinski definition) is 4. The van der Waals surface area contributed by atoms with E-state index in [9.17, 15) is 4.79 Å². The van der Waals surface area contributed by atoms with Gasteiger partial charge in [0.25, 0.3) is 0 Å². The molecule has 0 spiro atoms. The molecule has 0 amide bonds. The molecule has 0 saturated heterocycles. The van der Waals surface area contributed by atoms with Gasteiger partial charge in [0.05, 0.1) is 18.7 Å². The first kappa shape index (κ1) is 15.0. The maximum atomic E-state index is 11.5. The highest BCUT2D eigenvalue weighted by atomic mass is 16.5. The number of carbonyl (C=O) groups is 1. The van der Waals surface area contributed by atoms with Crippen molar-refractivity contribution in [1.29, 1.82) is 0 Å². The number of methoxy groups -OCH3 is 1. The normalized spacial score (nSPS) is 22.8. The summed E-state index contributed by atoms with van der Waals surface area (Å²) in [6.07, 6.45) is 3.93. The van der Waals surface area contributed by atoms with Gasteiger partial charge in [0.1, 0.15) is 0 Å². The third-order valence-corrected chi connectivity index (χ3v) is 4.49. The van der Waals surface area contributed by atoms with Gasteiger partial charge in [-0.3, -0.25) is 9.48 Å². The second-order valence-corrected chi connectivity index (χ2v) is 5.73. The van der Waals surface area contributed by atoms with Crippen LogP contribution in [0.5, 0.6) is 0 Å². The summed E-state index contributed by atoms with van der Waals surface area (Å²) in [5.41, 5.74) is 3.61. The Morgan fingerprint density at radius 2 is 2.00 bits per heavy atom. The molecule has 0 radical (unpaired) electrons. The van der Waals surface area contributed by atoms with Gasteiger partial charge in [0.2, 0.25) is 0 Å². The molecule has 1 N–H and O–H groups in total. The fourth-order valence-electron chi connectivity index (χ4n) is 3.02. The lowest BCUT2D eigenvalue weighted by molar-refractivity contribution is -0.146. The number of aromatic nitrogens is 2. The number of nitrogens with one attached hydrogen (secondary N) is 1. The van der Waals surface area contributed by atoms with Gasteiger partial charge >= 0.3 is 5.97 Å². The van der Waals surface area contributed by atoms with Crippen LogP contribution in [-0.2, 0) is 23.1 Å². The molecule has 0 atom stereocenters. The van der Waals surface area contributed by atoms with Crippen molar-refractivity contribution in [3.05, 3.63) is 17.0 Å². The topological polar surface area (TPSA) is 56.1 Å². The van der Waals surface area contributed by atoms with Crippen LogP contribution in [0.25, 0.3) is 0 Å². The molecule has 1 aliphatic carbocycles. The zero-order valence-electron chi connectivity index (χ0n) is 12.9. The zero-order valence-corrected chi connectivity index (χ0v) is 12.9. The largest absolute Gasteiger partial charge is 0.469 e. The standard InChI is InChI=1S/C15H25N3O2/c1-10-14(11(2)18(3)17-10)9-16-13-7-5-12(6-8-13)15(19)20-4/h12-13,16H,5-9H2,1-4H3. The number of hydrogen-bond donors (Lipinski definition) is 1. The molecule has 0 bridgehead atoms. The van der Waals surface area contributed by atoms with Crippen molar-refractivity contribution in [2.45, 2.75) is 52.1 Å². The minimum atomic E-state index is -0.0533. The van der Waals surface area contributed by atoms with Gasteiger partial charge in [0, 0.05) is 30.9 Å². The SMILES string of the molecule is COC(=O)C1CCC(NCc2c(C)nn(C)c2C)CC1. The fraction of sp³-hybridized carbons (Fsp3) is 0.733. The average Bonchev–Trinajstić information content (AvgIpc) is 2.70. The lowest BCUT2D eigenvalue weighted by Gasteiger charge is -2.27. The monoisotopic (exact) mass is 279 g/mol. The molecule has 1 aromatic rings.